The van der Waals surface area contributed by atoms with Crippen molar-refractivity contribution in [2.75, 3.05) is 7.11 Å². The smallest absolute Gasteiger partial charge is 0.320 e. The fraction of sp³-hybridized carbons (Fsp3) is 0.562. The fourth-order valence-electron chi connectivity index (χ4n) is 2.30. The molecule has 0 saturated carbocycles. The molecule has 0 spiro atoms. The van der Waals surface area contributed by atoms with Gasteiger partial charge in [-0.05, 0) is 32.3 Å². The van der Waals surface area contributed by atoms with E-state index in [1.807, 2.05) is 45.9 Å². The van der Waals surface area contributed by atoms with Crippen molar-refractivity contribution in [1.29, 1.82) is 0 Å². The van der Waals surface area contributed by atoms with Gasteiger partial charge in [0.2, 0.25) is 0 Å². The molecule has 112 valence electrons. The molecule has 1 aromatic carbocycles. The van der Waals surface area contributed by atoms with Crippen molar-refractivity contribution in [3.63, 3.8) is 0 Å². The predicted molar refractivity (Wildman–Crippen MR) is 80.2 cm³/mol. The van der Waals surface area contributed by atoms with Crippen molar-refractivity contribution in [2.24, 2.45) is 5.92 Å². The summed E-state index contributed by atoms with van der Waals surface area (Å²) < 4.78 is 5.36. The van der Waals surface area contributed by atoms with Crippen LogP contribution in [-0.2, 0) is 4.79 Å². The highest BCUT2D eigenvalue weighted by Crippen LogP contribution is 2.26. The van der Waals surface area contributed by atoms with E-state index in [4.69, 9.17) is 4.74 Å². The van der Waals surface area contributed by atoms with Crippen molar-refractivity contribution in [3.05, 3.63) is 29.3 Å². The number of aryl methyl sites for hydroxylation is 1. The third kappa shape index (κ3) is 4.53. The maximum atomic E-state index is 11.3. The number of nitrogens with one attached hydrogen (secondary N) is 1. The molecule has 2 atom stereocenters. The number of carbonyl (C=O) groups is 1. The van der Waals surface area contributed by atoms with Gasteiger partial charge < -0.3 is 9.84 Å². The maximum absolute atomic E-state index is 11.3. The molecular weight excluding hydrogens is 254 g/mol. The molecule has 0 aliphatic carbocycles. The topological polar surface area (TPSA) is 58.6 Å². The Morgan fingerprint density at radius 2 is 2.00 bits per heavy atom. The zero-order valence-electron chi connectivity index (χ0n) is 12.9. The van der Waals surface area contributed by atoms with Crippen LogP contribution in [0, 0.1) is 12.8 Å². The molecule has 0 aromatic heterocycles. The predicted octanol–water partition coefficient (Wildman–Crippen LogP) is 3.15. The lowest BCUT2D eigenvalue weighted by molar-refractivity contribution is -0.140. The summed E-state index contributed by atoms with van der Waals surface area (Å²) in [7, 11) is 1.63. The molecule has 0 saturated heterocycles. The first-order chi connectivity index (χ1) is 9.35. The van der Waals surface area contributed by atoms with E-state index in [1.54, 1.807) is 7.11 Å². The normalized spacial score (nSPS) is 14.1. The molecule has 1 aromatic rings. The van der Waals surface area contributed by atoms with Gasteiger partial charge in [0.1, 0.15) is 11.8 Å². The summed E-state index contributed by atoms with van der Waals surface area (Å²) in [4.78, 5) is 11.3. The Kier molecular flexibility index (Phi) is 6.02. The molecule has 2 N–H and O–H groups in total. The Morgan fingerprint density at radius 1 is 1.35 bits per heavy atom. The van der Waals surface area contributed by atoms with Crippen molar-refractivity contribution in [1.82, 2.24) is 5.32 Å². The molecule has 20 heavy (non-hydrogen) atoms. The van der Waals surface area contributed by atoms with Gasteiger partial charge in [0, 0.05) is 11.6 Å². The number of hydrogen-bond donors (Lipinski definition) is 2. The first-order valence-electron chi connectivity index (χ1n) is 6.98. The summed E-state index contributed by atoms with van der Waals surface area (Å²) >= 11 is 0. The maximum Gasteiger partial charge on any atom is 0.320 e. The number of benzene rings is 1. The summed E-state index contributed by atoms with van der Waals surface area (Å²) in [5.74, 6) is 0.302. The Labute approximate surface area is 121 Å². The number of carboxylic acids is 1. The molecule has 0 bridgehead atoms. The molecule has 1 rings (SSSR count). The number of methoxy groups -OCH3 is 1. The standard InChI is InChI=1S/C16H25NO3/c1-10(2)8-14(16(18)19)17-12(4)13-9-11(3)6-7-15(13)20-5/h6-7,9-10,12,14,17H,8H2,1-5H3,(H,18,19). The quantitative estimate of drug-likeness (QED) is 0.805. The first-order valence-corrected chi connectivity index (χ1v) is 6.98. The lowest BCUT2D eigenvalue weighted by Crippen LogP contribution is -2.39. The van der Waals surface area contributed by atoms with E-state index in [0.29, 0.717) is 12.3 Å². The van der Waals surface area contributed by atoms with Crippen LogP contribution in [0.4, 0.5) is 0 Å². The van der Waals surface area contributed by atoms with Crippen LogP contribution >= 0.6 is 0 Å². The minimum atomic E-state index is -0.808. The molecule has 0 amide bonds. The Hall–Kier alpha value is -1.55. The van der Waals surface area contributed by atoms with Crippen molar-refractivity contribution >= 4 is 5.97 Å². The van der Waals surface area contributed by atoms with E-state index in [-0.39, 0.29) is 6.04 Å². The third-order valence-corrected chi connectivity index (χ3v) is 3.31. The van der Waals surface area contributed by atoms with Gasteiger partial charge in [-0.3, -0.25) is 10.1 Å². The van der Waals surface area contributed by atoms with Gasteiger partial charge in [-0.1, -0.05) is 31.5 Å². The average Bonchev–Trinajstić information content (AvgIpc) is 2.37. The zero-order chi connectivity index (χ0) is 15.3. The highest BCUT2D eigenvalue weighted by Gasteiger charge is 2.22. The number of carboxylic acid groups (broad SMARTS) is 1. The highest BCUT2D eigenvalue weighted by atomic mass is 16.5. The second-order valence-electron chi connectivity index (χ2n) is 5.65. The van der Waals surface area contributed by atoms with E-state index >= 15 is 0 Å². The average molecular weight is 279 g/mol. The second kappa shape index (κ2) is 7.29. The van der Waals surface area contributed by atoms with Crippen molar-refractivity contribution < 1.29 is 14.6 Å². The monoisotopic (exact) mass is 279 g/mol. The molecule has 4 heteroatoms. The molecule has 0 fully saturated rings. The van der Waals surface area contributed by atoms with Crippen molar-refractivity contribution in [3.8, 4) is 5.75 Å². The molecule has 0 aliphatic heterocycles. The largest absolute Gasteiger partial charge is 0.496 e. The van der Waals surface area contributed by atoms with Gasteiger partial charge in [0.15, 0.2) is 0 Å². The third-order valence-electron chi connectivity index (χ3n) is 3.31. The van der Waals surface area contributed by atoms with Gasteiger partial charge in [-0.15, -0.1) is 0 Å². The lowest BCUT2D eigenvalue weighted by Gasteiger charge is -2.23. The van der Waals surface area contributed by atoms with Crippen molar-refractivity contribution in [2.45, 2.75) is 46.2 Å². The molecule has 0 heterocycles. The van der Waals surface area contributed by atoms with E-state index in [1.165, 1.54) is 0 Å². The van der Waals surface area contributed by atoms with Crippen LogP contribution in [0.2, 0.25) is 0 Å². The minimum absolute atomic E-state index is 0.0790. The fourth-order valence-corrected chi connectivity index (χ4v) is 2.30. The molecular formula is C16H25NO3. The van der Waals surface area contributed by atoms with Crippen LogP contribution in [0.25, 0.3) is 0 Å². The Bertz CT molecular complexity index is 457. The van der Waals surface area contributed by atoms with Crippen LogP contribution in [0.5, 0.6) is 5.75 Å². The van der Waals surface area contributed by atoms with Gasteiger partial charge in [-0.25, -0.2) is 0 Å². The number of ether oxygens (including phenoxy) is 1. The van der Waals surface area contributed by atoms with E-state index in [9.17, 15) is 9.90 Å². The summed E-state index contributed by atoms with van der Waals surface area (Å²) in [6, 6.07) is 5.31. The molecule has 4 nitrogen and oxygen atoms in total. The second-order valence-corrected chi connectivity index (χ2v) is 5.65. The zero-order valence-corrected chi connectivity index (χ0v) is 12.9. The Morgan fingerprint density at radius 3 is 2.50 bits per heavy atom. The van der Waals surface area contributed by atoms with Crippen LogP contribution in [0.15, 0.2) is 18.2 Å². The van der Waals surface area contributed by atoms with Crippen LogP contribution in [0.3, 0.4) is 0 Å². The first kappa shape index (κ1) is 16.5. The number of rotatable bonds is 7. The van der Waals surface area contributed by atoms with Gasteiger partial charge >= 0.3 is 5.97 Å². The summed E-state index contributed by atoms with van der Waals surface area (Å²) in [6.07, 6.45) is 0.605. The SMILES string of the molecule is COc1ccc(C)cc1C(C)NC(CC(C)C)C(=O)O. The summed E-state index contributed by atoms with van der Waals surface area (Å²) in [5, 5.41) is 12.5. The van der Waals surface area contributed by atoms with E-state index < -0.39 is 12.0 Å². The van der Waals surface area contributed by atoms with E-state index in [2.05, 4.69) is 5.32 Å². The highest BCUT2D eigenvalue weighted by molar-refractivity contribution is 5.73. The number of hydrogen-bond acceptors (Lipinski definition) is 3. The van der Waals surface area contributed by atoms with Crippen LogP contribution in [-0.4, -0.2) is 24.2 Å². The number of aliphatic carboxylic acids is 1. The van der Waals surface area contributed by atoms with Gasteiger partial charge in [0.25, 0.3) is 0 Å². The van der Waals surface area contributed by atoms with E-state index in [0.717, 1.165) is 16.9 Å². The summed E-state index contributed by atoms with van der Waals surface area (Å²) in [6.45, 7) is 8.02. The Balaban J connectivity index is 2.90. The molecule has 0 radical (unpaired) electrons. The van der Waals surface area contributed by atoms with Gasteiger partial charge in [-0.2, -0.15) is 0 Å². The van der Waals surface area contributed by atoms with Gasteiger partial charge in [0.05, 0.1) is 7.11 Å². The van der Waals surface area contributed by atoms with Crippen LogP contribution in [0.1, 0.15) is 44.4 Å². The molecule has 0 aliphatic rings. The lowest BCUT2D eigenvalue weighted by atomic mass is 10.00. The summed E-state index contributed by atoms with van der Waals surface area (Å²) in [5.41, 5.74) is 2.12. The minimum Gasteiger partial charge on any atom is -0.496 e. The molecule has 2 unspecified atom stereocenters. The van der Waals surface area contributed by atoms with Crippen LogP contribution < -0.4 is 10.1 Å².